The summed E-state index contributed by atoms with van der Waals surface area (Å²) in [5.41, 5.74) is 1.25. The largest absolute Gasteiger partial charge is 0.466 e. The Morgan fingerprint density at radius 2 is 1.34 bits per heavy atom. The first kappa shape index (κ1) is 26.6. The van der Waals surface area contributed by atoms with Gasteiger partial charge in [-0.25, -0.2) is 4.79 Å². The number of allylic oxidation sites excluding steroid dienone is 1. The van der Waals surface area contributed by atoms with Crippen LogP contribution in [0.4, 0.5) is 0 Å². The zero-order valence-corrected chi connectivity index (χ0v) is 22.6. The maximum Gasteiger partial charge on any atom is 0.330 e. The van der Waals surface area contributed by atoms with E-state index in [0.29, 0.717) is 6.61 Å². The molecule has 0 aliphatic rings. The van der Waals surface area contributed by atoms with Gasteiger partial charge in [0.2, 0.25) is 0 Å². The van der Waals surface area contributed by atoms with Crippen molar-refractivity contribution in [2.75, 3.05) is 13.7 Å². The zero-order chi connectivity index (χ0) is 25.3. The molecule has 0 spiro atoms. The van der Waals surface area contributed by atoms with Crippen LogP contribution in [0.25, 0.3) is 0 Å². The van der Waals surface area contributed by atoms with Crippen LogP contribution in [0.3, 0.4) is 0 Å². The van der Waals surface area contributed by atoms with Crippen LogP contribution in [0.2, 0.25) is 5.04 Å². The maximum absolute atomic E-state index is 11.7. The van der Waals surface area contributed by atoms with Crippen LogP contribution in [0, 0.1) is 5.92 Å². The Bertz CT molecular complexity index is 1030. The van der Waals surface area contributed by atoms with Crippen LogP contribution in [0.5, 0.6) is 0 Å². The first-order chi connectivity index (χ1) is 16.8. The SMILES string of the molecule is COC(=O)/C=C\[C@H](C)[C@@H](CCO[Si](c1ccccc1)(c1ccccc1)C(C)(C)C)c1ccccc1. The van der Waals surface area contributed by atoms with Gasteiger partial charge in [-0.3, -0.25) is 0 Å². The van der Waals surface area contributed by atoms with Gasteiger partial charge in [-0.2, -0.15) is 0 Å². The van der Waals surface area contributed by atoms with Gasteiger partial charge in [-0.05, 0) is 39.2 Å². The summed E-state index contributed by atoms with van der Waals surface area (Å²) >= 11 is 0. The molecule has 184 valence electrons. The zero-order valence-electron chi connectivity index (χ0n) is 21.6. The number of esters is 1. The van der Waals surface area contributed by atoms with E-state index < -0.39 is 8.32 Å². The minimum atomic E-state index is -2.59. The molecule has 0 N–H and O–H groups in total. The smallest absolute Gasteiger partial charge is 0.330 e. The number of benzene rings is 3. The van der Waals surface area contributed by atoms with Crippen molar-refractivity contribution < 1.29 is 14.0 Å². The molecule has 0 saturated carbocycles. The number of ether oxygens (including phenoxy) is 1. The summed E-state index contributed by atoms with van der Waals surface area (Å²) in [7, 11) is -1.18. The van der Waals surface area contributed by atoms with E-state index >= 15 is 0 Å². The topological polar surface area (TPSA) is 35.5 Å². The number of rotatable bonds is 10. The maximum atomic E-state index is 11.7. The van der Waals surface area contributed by atoms with Crippen molar-refractivity contribution in [3.8, 4) is 0 Å². The molecule has 0 amide bonds. The molecule has 35 heavy (non-hydrogen) atoms. The molecule has 0 bridgehead atoms. The second kappa shape index (κ2) is 12.1. The van der Waals surface area contributed by atoms with Crippen LogP contribution < -0.4 is 10.4 Å². The lowest BCUT2D eigenvalue weighted by atomic mass is 9.84. The number of methoxy groups -OCH3 is 1. The van der Waals surface area contributed by atoms with E-state index in [0.717, 1.165) is 6.42 Å². The molecule has 3 aromatic carbocycles. The molecule has 0 aliphatic heterocycles. The summed E-state index contributed by atoms with van der Waals surface area (Å²) in [6.07, 6.45) is 4.33. The molecule has 2 atom stereocenters. The van der Waals surface area contributed by atoms with Gasteiger partial charge in [0, 0.05) is 12.7 Å². The third-order valence-electron chi connectivity index (χ3n) is 6.76. The Morgan fingerprint density at radius 1 is 0.857 bits per heavy atom. The first-order valence-electron chi connectivity index (χ1n) is 12.4. The summed E-state index contributed by atoms with van der Waals surface area (Å²) in [5.74, 6) is 0.0433. The molecule has 0 saturated heterocycles. The summed E-state index contributed by atoms with van der Waals surface area (Å²) in [6, 6.07) is 32.0. The predicted octanol–water partition coefficient (Wildman–Crippen LogP) is 6.10. The highest BCUT2D eigenvalue weighted by atomic mass is 28.4. The van der Waals surface area contributed by atoms with Crippen LogP contribution in [0.15, 0.2) is 103 Å². The van der Waals surface area contributed by atoms with Crippen molar-refractivity contribution in [1.29, 1.82) is 0 Å². The van der Waals surface area contributed by atoms with Gasteiger partial charge in [0.1, 0.15) is 0 Å². The molecule has 0 aromatic heterocycles. The van der Waals surface area contributed by atoms with Gasteiger partial charge in [0.25, 0.3) is 8.32 Å². The van der Waals surface area contributed by atoms with Crippen molar-refractivity contribution in [2.45, 2.75) is 45.1 Å². The van der Waals surface area contributed by atoms with Gasteiger partial charge in [-0.1, -0.05) is 125 Å². The molecule has 4 heteroatoms. The van der Waals surface area contributed by atoms with Crippen molar-refractivity contribution >= 4 is 24.7 Å². The summed E-state index contributed by atoms with van der Waals surface area (Å²) in [5, 5.41) is 2.51. The molecule has 3 nitrogen and oxygen atoms in total. The lowest BCUT2D eigenvalue weighted by molar-refractivity contribution is -0.134. The molecule has 0 radical (unpaired) electrons. The Balaban J connectivity index is 1.94. The third kappa shape index (κ3) is 6.39. The molecule has 3 aromatic rings. The Hall–Kier alpha value is -2.95. The number of hydrogen-bond acceptors (Lipinski definition) is 3. The quantitative estimate of drug-likeness (QED) is 0.197. The van der Waals surface area contributed by atoms with Crippen molar-refractivity contribution in [3.63, 3.8) is 0 Å². The summed E-state index contributed by atoms with van der Waals surface area (Å²) in [6.45, 7) is 9.68. The van der Waals surface area contributed by atoms with Crippen molar-refractivity contribution in [1.82, 2.24) is 0 Å². The van der Waals surface area contributed by atoms with Crippen LogP contribution in [-0.4, -0.2) is 28.0 Å². The van der Waals surface area contributed by atoms with Crippen molar-refractivity contribution in [3.05, 3.63) is 109 Å². The van der Waals surface area contributed by atoms with Crippen molar-refractivity contribution in [2.24, 2.45) is 5.92 Å². The molecule has 3 rings (SSSR count). The molecule has 0 fully saturated rings. The highest BCUT2D eigenvalue weighted by Gasteiger charge is 2.50. The second-order valence-corrected chi connectivity index (χ2v) is 14.4. The Kier molecular flexibility index (Phi) is 9.24. The highest BCUT2D eigenvalue weighted by Crippen LogP contribution is 2.38. The number of hydrogen-bond donors (Lipinski definition) is 0. The fourth-order valence-corrected chi connectivity index (χ4v) is 9.55. The average Bonchev–Trinajstić information content (AvgIpc) is 2.88. The Labute approximate surface area is 211 Å². The molecule has 0 aliphatic carbocycles. The number of carbonyl (C=O) groups is 1. The van der Waals surface area contributed by atoms with E-state index in [2.05, 4.69) is 113 Å². The third-order valence-corrected chi connectivity index (χ3v) is 11.8. The second-order valence-electron chi connectivity index (χ2n) is 10.1. The van der Waals surface area contributed by atoms with Gasteiger partial charge in [0.05, 0.1) is 7.11 Å². The lowest BCUT2D eigenvalue weighted by Crippen LogP contribution is -2.66. The molecular formula is C31H38O3Si. The summed E-state index contributed by atoms with van der Waals surface area (Å²) < 4.78 is 11.9. The van der Waals surface area contributed by atoms with E-state index in [9.17, 15) is 4.79 Å². The molecular weight excluding hydrogens is 448 g/mol. The molecule has 0 heterocycles. The van der Waals surface area contributed by atoms with E-state index in [4.69, 9.17) is 9.16 Å². The van der Waals surface area contributed by atoms with Gasteiger partial charge >= 0.3 is 5.97 Å². The fraction of sp³-hybridized carbons (Fsp3) is 0.323. The monoisotopic (exact) mass is 486 g/mol. The van der Waals surface area contributed by atoms with E-state index in [1.54, 1.807) is 0 Å². The van der Waals surface area contributed by atoms with E-state index in [1.165, 1.54) is 29.1 Å². The van der Waals surface area contributed by atoms with Gasteiger partial charge < -0.3 is 9.16 Å². The van der Waals surface area contributed by atoms with Crippen LogP contribution in [0.1, 0.15) is 45.6 Å². The van der Waals surface area contributed by atoms with E-state index in [-0.39, 0.29) is 22.8 Å². The predicted molar refractivity (Wildman–Crippen MR) is 148 cm³/mol. The van der Waals surface area contributed by atoms with Crippen LogP contribution in [-0.2, 0) is 14.0 Å². The Morgan fingerprint density at radius 3 is 1.80 bits per heavy atom. The summed E-state index contributed by atoms with van der Waals surface area (Å²) in [4.78, 5) is 11.7. The lowest BCUT2D eigenvalue weighted by Gasteiger charge is -2.43. The fourth-order valence-electron chi connectivity index (χ4n) is 4.97. The minimum absolute atomic E-state index is 0.0612. The van der Waals surface area contributed by atoms with E-state index in [1.807, 2.05) is 12.1 Å². The first-order valence-corrected chi connectivity index (χ1v) is 14.3. The number of carbonyl (C=O) groups excluding carboxylic acids is 1. The standard InChI is InChI=1S/C31H38O3Si/c1-25(21-22-30(32)33-5)29(26-15-9-6-10-16-26)23-24-34-35(31(2,3)4,27-17-11-7-12-18-27)28-19-13-8-14-20-28/h6-22,25,29H,23-24H2,1-5H3/b22-21-/t25-,29+/m0/s1. The van der Waals surface area contributed by atoms with Gasteiger partial charge in [0.15, 0.2) is 0 Å². The van der Waals surface area contributed by atoms with Gasteiger partial charge in [-0.15, -0.1) is 0 Å². The highest BCUT2D eigenvalue weighted by molar-refractivity contribution is 6.99. The minimum Gasteiger partial charge on any atom is -0.466 e. The van der Waals surface area contributed by atoms with Crippen LogP contribution >= 0.6 is 0 Å². The molecule has 0 unspecified atom stereocenters. The normalized spacial score (nSPS) is 14.0. The average molecular weight is 487 g/mol.